The lowest BCUT2D eigenvalue weighted by atomic mass is 10.1. The molecule has 1 fully saturated rings. The lowest BCUT2D eigenvalue weighted by Crippen LogP contribution is -2.35. The number of benzene rings is 2. The summed E-state index contributed by atoms with van der Waals surface area (Å²) in [5.41, 5.74) is 1.88. The summed E-state index contributed by atoms with van der Waals surface area (Å²) in [6, 6.07) is 12.5. The maximum Gasteiger partial charge on any atom is 0.243 e. The molecular formula is C22H26N2O5S. The van der Waals surface area contributed by atoms with Gasteiger partial charge in [0.25, 0.3) is 0 Å². The van der Waals surface area contributed by atoms with Gasteiger partial charge in [0.15, 0.2) is 11.5 Å². The van der Waals surface area contributed by atoms with Crippen LogP contribution in [0.5, 0.6) is 11.5 Å². The van der Waals surface area contributed by atoms with E-state index >= 15 is 0 Å². The fraction of sp³-hybridized carbons (Fsp3) is 0.409. The highest BCUT2D eigenvalue weighted by molar-refractivity contribution is 7.89. The zero-order valence-corrected chi connectivity index (χ0v) is 17.6. The Morgan fingerprint density at radius 2 is 1.63 bits per heavy atom. The molecule has 8 heteroatoms. The molecule has 0 unspecified atom stereocenters. The first kappa shape index (κ1) is 20.7. The van der Waals surface area contributed by atoms with E-state index < -0.39 is 10.0 Å². The molecule has 7 nitrogen and oxygen atoms in total. The standard InChI is InChI=1S/C22H26N2O5S/c25-22(23-15-18-6-10-20-21(14-18)29-16-28-20)11-7-17-4-8-19(9-5-17)30(26,27)24-12-2-1-3-13-24/h4-6,8-10,14H,1-3,7,11-13,15-16H2,(H,23,25). The fourth-order valence-corrected chi connectivity index (χ4v) is 5.20. The molecule has 0 atom stereocenters. The van der Waals surface area contributed by atoms with Gasteiger partial charge in [-0.1, -0.05) is 24.6 Å². The van der Waals surface area contributed by atoms with Crippen molar-refractivity contribution in [2.75, 3.05) is 19.9 Å². The summed E-state index contributed by atoms with van der Waals surface area (Å²) in [4.78, 5) is 12.5. The Bertz CT molecular complexity index is 999. The molecule has 1 N–H and O–H groups in total. The van der Waals surface area contributed by atoms with Crippen LogP contribution >= 0.6 is 0 Å². The summed E-state index contributed by atoms with van der Waals surface area (Å²) in [6.07, 6.45) is 3.80. The van der Waals surface area contributed by atoms with Gasteiger partial charge < -0.3 is 14.8 Å². The van der Waals surface area contributed by atoms with E-state index in [1.165, 1.54) is 0 Å². The molecule has 1 amide bonds. The van der Waals surface area contributed by atoms with Crippen LogP contribution in [-0.4, -0.2) is 38.5 Å². The second-order valence-corrected chi connectivity index (χ2v) is 9.51. The van der Waals surface area contributed by atoms with E-state index in [9.17, 15) is 13.2 Å². The number of hydrogen-bond acceptors (Lipinski definition) is 5. The Balaban J connectivity index is 1.27. The zero-order valence-electron chi connectivity index (χ0n) is 16.8. The first-order chi connectivity index (χ1) is 14.5. The van der Waals surface area contributed by atoms with Crippen molar-refractivity contribution in [2.24, 2.45) is 0 Å². The van der Waals surface area contributed by atoms with Crippen LogP contribution in [0.15, 0.2) is 47.4 Å². The topological polar surface area (TPSA) is 84.9 Å². The van der Waals surface area contributed by atoms with E-state index in [2.05, 4.69) is 5.32 Å². The molecule has 2 aliphatic rings. The van der Waals surface area contributed by atoms with Gasteiger partial charge in [0, 0.05) is 26.1 Å². The number of rotatable bonds is 7. The average Bonchev–Trinajstić information content (AvgIpc) is 3.25. The van der Waals surface area contributed by atoms with Gasteiger partial charge in [-0.2, -0.15) is 4.31 Å². The Labute approximate surface area is 177 Å². The molecule has 0 radical (unpaired) electrons. The van der Waals surface area contributed by atoms with Gasteiger partial charge in [-0.3, -0.25) is 4.79 Å². The number of piperidine rings is 1. The van der Waals surface area contributed by atoms with Crippen molar-refractivity contribution in [3.8, 4) is 11.5 Å². The highest BCUT2D eigenvalue weighted by Gasteiger charge is 2.25. The largest absolute Gasteiger partial charge is 0.454 e. The second-order valence-electron chi connectivity index (χ2n) is 7.57. The number of aryl methyl sites for hydroxylation is 1. The summed E-state index contributed by atoms with van der Waals surface area (Å²) in [5, 5.41) is 2.90. The Morgan fingerprint density at radius 1 is 0.933 bits per heavy atom. The number of sulfonamides is 1. The summed E-state index contributed by atoms with van der Waals surface area (Å²) >= 11 is 0. The van der Waals surface area contributed by atoms with E-state index in [1.807, 2.05) is 18.2 Å². The number of ether oxygens (including phenoxy) is 2. The van der Waals surface area contributed by atoms with Crippen molar-refractivity contribution < 1.29 is 22.7 Å². The van der Waals surface area contributed by atoms with Gasteiger partial charge in [-0.05, 0) is 54.7 Å². The molecule has 2 aliphatic heterocycles. The van der Waals surface area contributed by atoms with Gasteiger partial charge >= 0.3 is 0 Å². The molecule has 0 aliphatic carbocycles. The van der Waals surface area contributed by atoms with E-state index in [-0.39, 0.29) is 12.7 Å². The van der Waals surface area contributed by atoms with Crippen molar-refractivity contribution in [3.05, 3.63) is 53.6 Å². The number of fused-ring (bicyclic) bond motifs is 1. The molecule has 0 bridgehead atoms. The van der Waals surface area contributed by atoms with Crippen LogP contribution in [0.3, 0.4) is 0 Å². The Hall–Kier alpha value is -2.58. The molecule has 2 heterocycles. The van der Waals surface area contributed by atoms with Crippen LogP contribution in [0.25, 0.3) is 0 Å². The predicted molar refractivity (Wildman–Crippen MR) is 112 cm³/mol. The number of carbonyl (C=O) groups excluding carboxylic acids is 1. The second kappa shape index (κ2) is 9.06. The predicted octanol–water partition coefficient (Wildman–Crippen LogP) is 2.84. The highest BCUT2D eigenvalue weighted by Crippen LogP contribution is 2.32. The zero-order chi connectivity index (χ0) is 21.0. The summed E-state index contributed by atoms with van der Waals surface area (Å²) in [7, 11) is -3.42. The van der Waals surface area contributed by atoms with E-state index in [0.29, 0.717) is 43.1 Å². The van der Waals surface area contributed by atoms with Crippen molar-refractivity contribution in [2.45, 2.75) is 43.5 Å². The molecule has 30 heavy (non-hydrogen) atoms. The molecule has 0 saturated carbocycles. The number of nitrogens with one attached hydrogen (secondary N) is 1. The monoisotopic (exact) mass is 430 g/mol. The fourth-order valence-electron chi connectivity index (χ4n) is 3.68. The third kappa shape index (κ3) is 4.76. The first-order valence-corrected chi connectivity index (χ1v) is 11.7. The first-order valence-electron chi connectivity index (χ1n) is 10.3. The van der Waals surface area contributed by atoms with Crippen LogP contribution in [-0.2, 0) is 27.8 Å². The van der Waals surface area contributed by atoms with Gasteiger partial charge in [-0.25, -0.2) is 8.42 Å². The number of nitrogens with zero attached hydrogens (tertiary/aromatic N) is 1. The lowest BCUT2D eigenvalue weighted by Gasteiger charge is -2.25. The van der Waals surface area contributed by atoms with Crippen LogP contribution in [0.1, 0.15) is 36.8 Å². The van der Waals surface area contributed by atoms with Crippen molar-refractivity contribution >= 4 is 15.9 Å². The van der Waals surface area contributed by atoms with Crippen LogP contribution in [0.4, 0.5) is 0 Å². The minimum absolute atomic E-state index is 0.0577. The van der Waals surface area contributed by atoms with Crippen molar-refractivity contribution in [3.63, 3.8) is 0 Å². The number of hydrogen-bond donors (Lipinski definition) is 1. The van der Waals surface area contributed by atoms with Gasteiger partial charge in [-0.15, -0.1) is 0 Å². The quantitative estimate of drug-likeness (QED) is 0.730. The maximum absolute atomic E-state index is 12.7. The van der Waals surface area contributed by atoms with Gasteiger partial charge in [0.1, 0.15) is 0 Å². The van der Waals surface area contributed by atoms with Crippen molar-refractivity contribution in [1.82, 2.24) is 9.62 Å². The number of carbonyl (C=O) groups is 1. The summed E-state index contributed by atoms with van der Waals surface area (Å²) in [6.45, 7) is 1.83. The molecule has 2 aromatic carbocycles. The molecule has 0 spiro atoms. The van der Waals surface area contributed by atoms with Gasteiger partial charge in [0.05, 0.1) is 4.90 Å². The average molecular weight is 431 g/mol. The van der Waals surface area contributed by atoms with E-state index in [1.54, 1.807) is 28.6 Å². The molecule has 4 rings (SSSR count). The summed E-state index contributed by atoms with van der Waals surface area (Å²) < 4.78 is 37.6. The number of amides is 1. The van der Waals surface area contributed by atoms with Crippen LogP contribution in [0, 0.1) is 0 Å². The SMILES string of the molecule is O=C(CCc1ccc(S(=O)(=O)N2CCCCC2)cc1)NCc1ccc2c(c1)OCO2. The third-order valence-electron chi connectivity index (χ3n) is 5.44. The van der Waals surface area contributed by atoms with Crippen molar-refractivity contribution in [1.29, 1.82) is 0 Å². The van der Waals surface area contributed by atoms with E-state index in [4.69, 9.17) is 9.47 Å². The maximum atomic E-state index is 12.7. The van der Waals surface area contributed by atoms with Crippen LogP contribution in [0.2, 0.25) is 0 Å². The molecule has 0 aromatic heterocycles. The summed E-state index contributed by atoms with van der Waals surface area (Å²) in [5.74, 6) is 1.36. The molecule has 2 aromatic rings. The Kier molecular flexibility index (Phi) is 6.24. The van der Waals surface area contributed by atoms with Crippen LogP contribution < -0.4 is 14.8 Å². The smallest absolute Gasteiger partial charge is 0.243 e. The normalized spacial score (nSPS) is 16.4. The minimum atomic E-state index is -3.42. The molecule has 1 saturated heterocycles. The van der Waals surface area contributed by atoms with Gasteiger partial charge in [0.2, 0.25) is 22.7 Å². The molecule has 160 valence electrons. The lowest BCUT2D eigenvalue weighted by molar-refractivity contribution is -0.121. The molecular weight excluding hydrogens is 404 g/mol. The highest BCUT2D eigenvalue weighted by atomic mass is 32.2. The Morgan fingerprint density at radius 3 is 2.40 bits per heavy atom. The third-order valence-corrected chi connectivity index (χ3v) is 7.36. The minimum Gasteiger partial charge on any atom is -0.454 e. The van der Waals surface area contributed by atoms with E-state index in [0.717, 1.165) is 36.1 Å².